The molecule has 302 valence electrons. The van der Waals surface area contributed by atoms with Gasteiger partial charge >= 0.3 is 5.97 Å². The molecule has 55 heavy (non-hydrogen) atoms. The molecule has 3 aromatic rings. The van der Waals surface area contributed by atoms with Crippen molar-refractivity contribution in [2.24, 2.45) is 11.3 Å². The van der Waals surface area contributed by atoms with E-state index in [4.69, 9.17) is 19.2 Å². The highest BCUT2D eigenvalue weighted by Crippen LogP contribution is 2.41. The molecule has 0 saturated carbocycles. The molecule has 2 N–H and O–H groups in total. The van der Waals surface area contributed by atoms with E-state index in [0.29, 0.717) is 52.3 Å². The molecule has 3 atom stereocenters. The lowest BCUT2D eigenvalue weighted by molar-refractivity contribution is -0.144. The Hall–Kier alpha value is -4.04. The van der Waals surface area contributed by atoms with Crippen LogP contribution in [0.3, 0.4) is 0 Å². The average Bonchev–Trinajstić information content (AvgIpc) is 3.45. The van der Waals surface area contributed by atoms with E-state index < -0.39 is 6.04 Å². The van der Waals surface area contributed by atoms with E-state index in [2.05, 4.69) is 65.2 Å². The number of rotatable bonds is 16. The first-order valence-corrected chi connectivity index (χ1v) is 19.8. The molecular weight excluding hydrogens is 699 g/mol. The predicted molar refractivity (Wildman–Crippen MR) is 215 cm³/mol. The molecule has 13 nitrogen and oxygen atoms in total. The molecular formula is C42H63N7O6. The van der Waals surface area contributed by atoms with Crippen molar-refractivity contribution in [1.82, 2.24) is 30.2 Å². The number of amides is 2. The summed E-state index contributed by atoms with van der Waals surface area (Å²) in [7, 11) is 5.47. The van der Waals surface area contributed by atoms with Crippen LogP contribution in [0.5, 0.6) is 0 Å². The maximum absolute atomic E-state index is 14.0. The fraction of sp³-hybridized carbons (Fsp3) is 0.619. The standard InChI is InChI=1S/C42H63N7O6/c1-10-48-37-16-15-30(22-33(37)34(24-42(5,6)27-55-29(4)50)39(48)32-14-13-17-43-36(32)26-53-9)47-20-21-54-31(25-47)23-35(41(52)49-19-12-11-18-44-49)45-40(51)38(28(2)3)46(7)8/h13-17,22,28,31,35,38,44H,10-12,18-21,23-27H2,1-9H3,(H,45,51). The van der Waals surface area contributed by atoms with Crippen LogP contribution in [0.25, 0.3) is 22.2 Å². The fourth-order valence-corrected chi connectivity index (χ4v) is 8.19. The molecule has 4 heterocycles. The van der Waals surface area contributed by atoms with E-state index in [1.807, 2.05) is 38.9 Å². The first kappa shape index (κ1) is 42.1. The van der Waals surface area contributed by atoms with E-state index in [1.54, 1.807) is 18.3 Å². The molecule has 2 aliphatic heterocycles. The van der Waals surface area contributed by atoms with Crippen LogP contribution in [-0.4, -0.2) is 116 Å². The minimum absolute atomic E-state index is 0.0696. The summed E-state index contributed by atoms with van der Waals surface area (Å²) >= 11 is 0. The molecule has 0 aliphatic carbocycles. The smallest absolute Gasteiger partial charge is 0.302 e. The minimum atomic E-state index is -0.736. The van der Waals surface area contributed by atoms with E-state index in [1.165, 1.54) is 6.92 Å². The van der Waals surface area contributed by atoms with E-state index in [-0.39, 0.29) is 41.3 Å². The monoisotopic (exact) mass is 761 g/mol. The quantitative estimate of drug-likeness (QED) is 0.197. The maximum Gasteiger partial charge on any atom is 0.302 e. The first-order chi connectivity index (χ1) is 26.2. The SMILES string of the molecule is CCn1c(-c2cccnc2COC)c(CC(C)(C)COC(C)=O)c2cc(N3CCOC(CC(NC(=O)C(C(C)C)N(C)C)C(=O)N4CCCCN4)C3)ccc21. The highest BCUT2D eigenvalue weighted by atomic mass is 16.5. The van der Waals surface area contributed by atoms with Gasteiger partial charge in [-0.25, -0.2) is 5.43 Å². The van der Waals surface area contributed by atoms with Crippen molar-refractivity contribution >= 4 is 34.4 Å². The van der Waals surface area contributed by atoms with Gasteiger partial charge in [0.25, 0.3) is 5.91 Å². The van der Waals surface area contributed by atoms with Gasteiger partial charge < -0.3 is 29.0 Å². The number of carbonyl (C=O) groups excluding carboxylic acids is 3. The Morgan fingerprint density at radius 2 is 1.93 bits per heavy atom. The number of likely N-dealkylation sites (N-methyl/N-ethyl adjacent to an activating group) is 1. The van der Waals surface area contributed by atoms with Crippen molar-refractivity contribution in [3.05, 3.63) is 47.8 Å². The number of esters is 1. The average molecular weight is 762 g/mol. The number of benzene rings is 1. The van der Waals surface area contributed by atoms with Gasteiger partial charge in [0.2, 0.25) is 5.91 Å². The zero-order valence-corrected chi connectivity index (χ0v) is 34.4. The van der Waals surface area contributed by atoms with Crippen LogP contribution in [0.15, 0.2) is 36.5 Å². The largest absolute Gasteiger partial charge is 0.465 e. The second-order valence-corrected chi connectivity index (χ2v) is 16.3. The molecule has 2 amide bonds. The Labute approximate surface area is 327 Å². The van der Waals surface area contributed by atoms with Crippen molar-refractivity contribution < 1.29 is 28.6 Å². The summed E-state index contributed by atoms with van der Waals surface area (Å²) in [5, 5.41) is 5.93. The number of anilines is 1. The Bertz CT molecular complexity index is 1770. The van der Waals surface area contributed by atoms with Crippen molar-refractivity contribution in [2.45, 2.75) is 98.6 Å². The highest BCUT2D eigenvalue weighted by Gasteiger charge is 2.35. The zero-order chi connectivity index (χ0) is 39.9. The molecule has 0 radical (unpaired) electrons. The van der Waals surface area contributed by atoms with Crippen molar-refractivity contribution in [3.63, 3.8) is 0 Å². The van der Waals surface area contributed by atoms with E-state index in [9.17, 15) is 14.4 Å². The second-order valence-electron chi connectivity index (χ2n) is 16.3. The number of carbonyl (C=O) groups is 3. The summed E-state index contributed by atoms with van der Waals surface area (Å²) in [6.45, 7) is 16.4. The summed E-state index contributed by atoms with van der Waals surface area (Å²) in [6, 6.07) is 9.59. The lowest BCUT2D eigenvalue weighted by atomic mass is 9.84. The van der Waals surface area contributed by atoms with Crippen LogP contribution in [0.4, 0.5) is 5.69 Å². The third-order valence-corrected chi connectivity index (χ3v) is 10.7. The van der Waals surface area contributed by atoms with Crippen molar-refractivity contribution in [3.8, 4) is 11.3 Å². The second kappa shape index (κ2) is 18.7. The number of hydrogen-bond donors (Lipinski definition) is 2. The molecule has 2 aliphatic rings. The van der Waals surface area contributed by atoms with Gasteiger partial charge in [-0.05, 0) is 82.1 Å². The maximum atomic E-state index is 14.0. The number of hydrogen-bond acceptors (Lipinski definition) is 10. The van der Waals surface area contributed by atoms with Crippen molar-refractivity contribution in [2.75, 3.05) is 65.5 Å². The molecule has 2 saturated heterocycles. The Morgan fingerprint density at radius 1 is 1.15 bits per heavy atom. The lowest BCUT2D eigenvalue weighted by Crippen LogP contribution is -2.59. The van der Waals surface area contributed by atoms with Crippen LogP contribution < -0.4 is 15.6 Å². The molecule has 3 unspecified atom stereocenters. The fourth-order valence-electron chi connectivity index (χ4n) is 8.19. The number of aromatic nitrogens is 2. The molecule has 1 aromatic carbocycles. The predicted octanol–water partition coefficient (Wildman–Crippen LogP) is 4.79. The van der Waals surface area contributed by atoms with Crippen LogP contribution in [0.1, 0.15) is 72.1 Å². The number of nitrogens with one attached hydrogen (secondary N) is 2. The molecule has 2 fully saturated rings. The number of pyridine rings is 1. The third-order valence-electron chi connectivity index (χ3n) is 10.7. The van der Waals surface area contributed by atoms with E-state index >= 15 is 0 Å². The van der Waals surface area contributed by atoms with Gasteiger partial charge in [0.05, 0.1) is 43.4 Å². The summed E-state index contributed by atoms with van der Waals surface area (Å²) in [6.07, 6.45) is 4.45. The topological polar surface area (TPSA) is 130 Å². The highest BCUT2D eigenvalue weighted by molar-refractivity contribution is 5.95. The summed E-state index contributed by atoms with van der Waals surface area (Å²) in [5.41, 5.74) is 9.18. The van der Waals surface area contributed by atoms with Gasteiger partial charge in [0.15, 0.2) is 0 Å². The lowest BCUT2D eigenvalue weighted by Gasteiger charge is -2.38. The van der Waals surface area contributed by atoms with Gasteiger partial charge in [-0.3, -0.25) is 29.3 Å². The summed E-state index contributed by atoms with van der Waals surface area (Å²) in [4.78, 5) is 48.4. The van der Waals surface area contributed by atoms with Gasteiger partial charge in [0.1, 0.15) is 6.04 Å². The van der Waals surface area contributed by atoms with Crippen LogP contribution in [0, 0.1) is 11.3 Å². The van der Waals surface area contributed by atoms with Gasteiger partial charge in [-0.1, -0.05) is 27.7 Å². The molecule has 5 rings (SSSR count). The Kier molecular flexibility index (Phi) is 14.3. The number of fused-ring (bicyclic) bond motifs is 1. The number of nitrogens with zero attached hydrogens (tertiary/aromatic N) is 5. The van der Waals surface area contributed by atoms with Gasteiger partial charge in [-0.15, -0.1) is 0 Å². The van der Waals surface area contributed by atoms with Gasteiger partial charge in [0, 0.05) is 86.9 Å². The van der Waals surface area contributed by atoms with E-state index in [0.717, 1.165) is 65.0 Å². The van der Waals surface area contributed by atoms with Crippen LogP contribution in [0.2, 0.25) is 0 Å². The number of ether oxygens (including phenoxy) is 3. The number of morpholine rings is 1. The third kappa shape index (κ3) is 10.2. The minimum Gasteiger partial charge on any atom is -0.465 e. The van der Waals surface area contributed by atoms with Crippen LogP contribution >= 0.6 is 0 Å². The summed E-state index contributed by atoms with van der Waals surface area (Å²) in [5.74, 6) is -0.512. The number of hydrazine groups is 1. The molecule has 13 heteroatoms. The van der Waals surface area contributed by atoms with Crippen LogP contribution in [-0.2, 0) is 48.2 Å². The molecule has 0 spiro atoms. The Balaban J connectivity index is 1.49. The first-order valence-electron chi connectivity index (χ1n) is 19.8. The Morgan fingerprint density at radius 3 is 2.58 bits per heavy atom. The number of aryl methyl sites for hydroxylation is 1. The normalized spacial score (nSPS) is 17.8. The zero-order valence-electron chi connectivity index (χ0n) is 34.4. The number of methoxy groups -OCH3 is 1. The molecule has 0 bridgehead atoms. The van der Waals surface area contributed by atoms with Gasteiger partial charge in [-0.2, -0.15) is 0 Å². The van der Waals surface area contributed by atoms with Crippen molar-refractivity contribution in [1.29, 1.82) is 0 Å². The summed E-state index contributed by atoms with van der Waals surface area (Å²) < 4.78 is 19.8. The molecule has 2 aromatic heterocycles.